The fourth-order valence-electron chi connectivity index (χ4n) is 2.49. The van der Waals surface area contributed by atoms with Gasteiger partial charge in [-0.3, -0.25) is 0 Å². The molecule has 100 valence electrons. The Hall–Kier alpha value is -1.01. The summed E-state index contributed by atoms with van der Waals surface area (Å²) in [4.78, 5) is 0. The largest absolute Gasteiger partial charge is 0.487 e. The van der Waals surface area contributed by atoms with Gasteiger partial charge in [0.15, 0.2) is 16.6 Å². The molecule has 2 unspecified atom stereocenters. The molecule has 3 rings (SSSR count). The molecule has 2 aliphatic rings. The number of nitrogens with one attached hydrogen (secondary N) is 1. The third kappa shape index (κ3) is 2.27. The first-order chi connectivity index (χ1) is 8.79. The molecule has 1 aromatic heterocycles. The summed E-state index contributed by atoms with van der Waals surface area (Å²) in [6, 6.07) is 0.372. The van der Waals surface area contributed by atoms with E-state index in [2.05, 4.69) is 9.69 Å². The molecule has 0 spiro atoms. The van der Waals surface area contributed by atoms with Crippen molar-refractivity contribution in [1.29, 1.82) is 0 Å². The standard InChI is InChI=1S/C12H19N3O2S/c1-2-16-10-11(13)15-18-12(10)14-8-5-6-17-9(8)7-3-4-7/h7-9,14H,2-6H2,1H3,(H2,13,15). The Balaban J connectivity index is 1.71. The Kier molecular flexibility index (Phi) is 3.30. The molecular formula is C12H19N3O2S. The van der Waals surface area contributed by atoms with Gasteiger partial charge in [0.25, 0.3) is 0 Å². The van der Waals surface area contributed by atoms with Gasteiger partial charge in [0.2, 0.25) is 0 Å². The molecule has 0 aromatic carbocycles. The molecule has 2 heterocycles. The van der Waals surface area contributed by atoms with Crippen molar-refractivity contribution in [1.82, 2.24) is 4.37 Å². The van der Waals surface area contributed by atoms with Crippen molar-refractivity contribution in [3.05, 3.63) is 0 Å². The molecule has 1 aliphatic heterocycles. The second-order valence-electron chi connectivity index (χ2n) is 4.87. The van der Waals surface area contributed by atoms with Crippen LogP contribution in [0.5, 0.6) is 5.75 Å². The summed E-state index contributed by atoms with van der Waals surface area (Å²) in [6.45, 7) is 3.40. The highest BCUT2D eigenvalue weighted by atomic mass is 32.1. The fraction of sp³-hybridized carbons (Fsp3) is 0.750. The van der Waals surface area contributed by atoms with Crippen LogP contribution in [0.25, 0.3) is 0 Å². The zero-order valence-corrected chi connectivity index (χ0v) is 11.3. The average molecular weight is 269 g/mol. The summed E-state index contributed by atoms with van der Waals surface area (Å²) < 4.78 is 15.5. The van der Waals surface area contributed by atoms with E-state index in [0.29, 0.717) is 30.3 Å². The summed E-state index contributed by atoms with van der Waals surface area (Å²) >= 11 is 1.37. The van der Waals surface area contributed by atoms with Gasteiger partial charge in [-0.2, -0.15) is 4.37 Å². The van der Waals surface area contributed by atoms with Gasteiger partial charge in [-0.15, -0.1) is 0 Å². The van der Waals surface area contributed by atoms with Crippen LogP contribution in [0.3, 0.4) is 0 Å². The van der Waals surface area contributed by atoms with Crippen LogP contribution in [-0.4, -0.2) is 29.7 Å². The zero-order valence-electron chi connectivity index (χ0n) is 10.5. The minimum absolute atomic E-state index is 0.350. The smallest absolute Gasteiger partial charge is 0.197 e. The number of hydrogen-bond donors (Lipinski definition) is 2. The van der Waals surface area contributed by atoms with Gasteiger partial charge < -0.3 is 20.5 Å². The van der Waals surface area contributed by atoms with Crippen LogP contribution in [0.1, 0.15) is 26.2 Å². The van der Waals surface area contributed by atoms with E-state index in [0.717, 1.165) is 23.9 Å². The Bertz CT molecular complexity index is 419. The maximum atomic E-state index is 5.82. The van der Waals surface area contributed by atoms with E-state index in [1.807, 2.05) is 6.92 Å². The zero-order chi connectivity index (χ0) is 12.5. The number of rotatable bonds is 5. The first-order valence-electron chi connectivity index (χ1n) is 6.55. The lowest BCUT2D eigenvalue weighted by molar-refractivity contribution is 0.0898. The van der Waals surface area contributed by atoms with Gasteiger partial charge in [-0.05, 0) is 43.6 Å². The molecule has 2 fully saturated rings. The number of anilines is 2. The number of ether oxygens (including phenoxy) is 2. The predicted octanol–water partition coefficient (Wildman–Crippen LogP) is 2.10. The summed E-state index contributed by atoms with van der Waals surface area (Å²) in [6.07, 6.45) is 3.99. The Morgan fingerprint density at radius 2 is 2.33 bits per heavy atom. The van der Waals surface area contributed by atoms with Gasteiger partial charge in [0.1, 0.15) is 0 Å². The predicted molar refractivity (Wildman–Crippen MR) is 72.2 cm³/mol. The van der Waals surface area contributed by atoms with Crippen molar-refractivity contribution in [3.63, 3.8) is 0 Å². The number of nitrogens with two attached hydrogens (primary N) is 1. The van der Waals surface area contributed by atoms with Gasteiger partial charge in [-0.25, -0.2) is 0 Å². The molecule has 5 nitrogen and oxygen atoms in total. The topological polar surface area (TPSA) is 69.4 Å². The summed E-state index contributed by atoms with van der Waals surface area (Å²) in [7, 11) is 0. The van der Waals surface area contributed by atoms with E-state index >= 15 is 0 Å². The van der Waals surface area contributed by atoms with E-state index < -0.39 is 0 Å². The molecule has 1 aliphatic carbocycles. The first-order valence-corrected chi connectivity index (χ1v) is 7.33. The quantitative estimate of drug-likeness (QED) is 0.856. The van der Waals surface area contributed by atoms with Crippen molar-refractivity contribution in [2.24, 2.45) is 5.92 Å². The van der Waals surface area contributed by atoms with Crippen LogP contribution in [0.4, 0.5) is 10.8 Å². The maximum absolute atomic E-state index is 5.82. The summed E-state index contributed by atoms with van der Waals surface area (Å²) in [5.41, 5.74) is 5.81. The lowest BCUT2D eigenvalue weighted by atomic mass is 10.1. The third-order valence-electron chi connectivity index (χ3n) is 3.50. The van der Waals surface area contributed by atoms with Gasteiger partial charge >= 0.3 is 0 Å². The monoisotopic (exact) mass is 269 g/mol. The first kappa shape index (κ1) is 12.0. The van der Waals surface area contributed by atoms with E-state index in [4.69, 9.17) is 15.2 Å². The number of hydrogen-bond acceptors (Lipinski definition) is 6. The third-order valence-corrected chi connectivity index (χ3v) is 4.28. The highest BCUT2D eigenvalue weighted by Gasteiger charge is 2.41. The molecule has 0 bridgehead atoms. The van der Waals surface area contributed by atoms with Crippen LogP contribution in [0.2, 0.25) is 0 Å². The SMILES string of the molecule is CCOc1c(N)nsc1NC1CCOC1C1CC1. The van der Waals surface area contributed by atoms with Crippen LogP contribution < -0.4 is 15.8 Å². The molecule has 1 saturated heterocycles. The van der Waals surface area contributed by atoms with Crippen molar-refractivity contribution in [2.45, 2.75) is 38.3 Å². The Morgan fingerprint density at radius 1 is 1.50 bits per heavy atom. The van der Waals surface area contributed by atoms with E-state index in [1.165, 1.54) is 24.4 Å². The normalized spacial score (nSPS) is 27.4. The summed E-state index contributed by atoms with van der Waals surface area (Å²) in [5.74, 6) is 1.92. The van der Waals surface area contributed by atoms with Crippen molar-refractivity contribution in [2.75, 3.05) is 24.3 Å². The Labute approximate surface area is 111 Å². The summed E-state index contributed by atoms with van der Waals surface area (Å²) in [5, 5.41) is 4.45. The van der Waals surface area contributed by atoms with Crippen molar-refractivity contribution < 1.29 is 9.47 Å². The second-order valence-corrected chi connectivity index (χ2v) is 5.64. The molecule has 1 aromatic rings. The highest BCUT2D eigenvalue weighted by Crippen LogP contribution is 2.42. The molecule has 0 radical (unpaired) electrons. The van der Waals surface area contributed by atoms with Gasteiger partial charge in [0, 0.05) is 6.61 Å². The molecule has 2 atom stereocenters. The van der Waals surface area contributed by atoms with Crippen LogP contribution >= 0.6 is 11.5 Å². The fourth-order valence-corrected chi connectivity index (χ4v) is 3.22. The van der Waals surface area contributed by atoms with Crippen LogP contribution in [0, 0.1) is 5.92 Å². The second kappa shape index (κ2) is 4.93. The molecule has 18 heavy (non-hydrogen) atoms. The lowest BCUT2D eigenvalue weighted by Gasteiger charge is -2.20. The number of aromatic nitrogens is 1. The number of nitrogen functional groups attached to an aromatic ring is 1. The highest BCUT2D eigenvalue weighted by molar-refractivity contribution is 7.11. The van der Waals surface area contributed by atoms with E-state index in [9.17, 15) is 0 Å². The maximum Gasteiger partial charge on any atom is 0.197 e. The minimum atomic E-state index is 0.350. The Morgan fingerprint density at radius 3 is 3.06 bits per heavy atom. The minimum Gasteiger partial charge on any atom is -0.487 e. The number of nitrogens with zero attached hydrogens (tertiary/aromatic N) is 1. The molecule has 1 saturated carbocycles. The van der Waals surface area contributed by atoms with E-state index in [-0.39, 0.29) is 0 Å². The van der Waals surface area contributed by atoms with Crippen LogP contribution in [0.15, 0.2) is 0 Å². The van der Waals surface area contributed by atoms with Crippen molar-refractivity contribution >= 4 is 22.4 Å². The van der Waals surface area contributed by atoms with Crippen LogP contribution in [-0.2, 0) is 4.74 Å². The van der Waals surface area contributed by atoms with Crippen molar-refractivity contribution in [3.8, 4) is 5.75 Å². The molecule has 3 N–H and O–H groups in total. The van der Waals surface area contributed by atoms with Gasteiger partial charge in [0.05, 0.1) is 18.8 Å². The average Bonchev–Trinajstić information content (AvgIpc) is 3.02. The molecule has 6 heteroatoms. The molecular weight excluding hydrogens is 250 g/mol. The molecule has 0 amide bonds. The van der Waals surface area contributed by atoms with E-state index in [1.54, 1.807) is 0 Å². The lowest BCUT2D eigenvalue weighted by Crippen LogP contribution is -2.30. The van der Waals surface area contributed by atoms with Gasteiger partial charge in [-0.1, -0.05) is 0 Å².